The molecule has 0 fully saturated rings. The van der Waals surface area contributed by atoms with Gasteiger partial charge < -0.3 is 4.90 Å². The first-order valence-corrected chi connectivity index (χ1v) is 6.45. The first-order chi connectivity index (χ1) is 8.08. The highest BCUT2D eigenvalue weighted by molar-refractivity contribution is 5.23. The molecule has 1 aromatic carbocycles. The summed E-state index contributed by atoms with van der Waals surface area (Å²) in [5.41, 5.74) is 4.13. The van der Waals surface area contributed by atoms with E-state index in [0.717, 1.165) is 19.4 Å². The van der Waals surface area contributed by atoms with Gasteiger partial charge in [-0.3, -0.25) is 0 Å². The second-order valence-corrected chi connectivity index (χ2v) is 5.18. The molecule has 1 nitrogen and oxygen atoms in total. The van der Waals surface area contributed by atoms with Gasteiger partial charge in [0.25, 0.3) is 0 Å². The number of nitrogens with zero attached hydrogens (tertiary/aromatic N) is 1. The van der Waals surface area contributed by atoms with Gasteiger partial charge in [0.2, 0.25) is 0 Å². The van der Waals surface area contributed by atoms with E-state index in [9.17, 15) is 0 Å². The highest BCUT2D eigenvalue weighted by Crippen LogP contribution is 2.10. The number of allylic oxidation sites excluding steroid dienone is 1. The molecule has 0 aliphatic rings. The summed E-state index contributed by atoms with van der Waals surface area (Å²) in [4.78, 5) is 2.24. The lowest BCUT2D eigenvalue weighted by molar-refractivity contribution is 0.400. The Morgan fingerprint density at radius 2 is 1.59 bits per heavy atom. The molecule has 94 valence electrons. The average Bonchev–Trinajstić information content (AvgIpc) is 2.27. The molecule has 17 heavy (non-hydrogen) atoms. The molecule has 0 radical (unpaired) electrons. The predicted octanol–water partition coefficient (Wildman–Crippen LogP) is 3.69. The van der Waals surface area contributed by atoms with Crippen molar-refractivity contribution in [3.63, 3.8) is 0 Å². The molecular formula is C16H25N. The largest absolute Gasteiger partial charge is 0.309 e. The van der Waals surface area contributed by atoms with Crippen molar-refractivity contribution in [3.05, 3.63) is 47.5 Å². The van der Waals surface area contributed by atoms with Crippen LogP contribution in [0.5, 0.6) is 0 Å². The molecule has 0 unspecified atom stereocenters. The summed E-state index contributed by atoms with van der Waals surface area (Å²) in [5.74, 6) is 0. The van der Waals surface area contributed by atoms with E-state index in [1.165, 1.54) is 29.5 Å². The zero-order valence-corrected chi connectivity index (χ0v) is 11.5. The van der Waals surface area contributed by atoms with Crippen molar-refractivity contribution < 1.29 is 0 Å². The molecule has 0 bridgehead atoms. The number of rotatable bonds is 7. The van der Waals surface area contributed by atoms with Gasteiger partial charge in [-0.1, -0.05) is 29.8 Å². The summed E-state index contributed by atoms with van der Waals surface area (Å²) in [7, 11) is 4.25. The van der Waals surface area contributed by atoms with E-state index in [1.807, 2.05) is 0 Å². The fourth-order valence-electron chi connectivity index (χ4n) is 1.83. The maximum absolute atomic E-state index is 3.94. The highest BCUT2D eigenvalue weighted by atomic mass is 15.0. The highest BCUT2D eigenvalue weighted by Gasteiger charge is 1.97. The van der Waals surface area contributed by atoms with Gasteiger partial charge in [0.05, 0.1) is 0 Å². The Bertz CT molecular complexity index is 335. The first kappa shape index (κ1) is 14.0. The number of hydrogen-bond donors (Lipinski definition) is 0. The Balaban J connectivity index is 2.36. The zero-order valence-electron chi connectivity index (χ0n) is 11.5. The van der Waals surface area contributed by atoms with Crippen LogP contribution in [0.3, 0.4) is 0 Å². The molecule has 0 atom stereocenters. The fourth-order valence-corrected chi connectivity index (χ4v) is 1.83. The Morgan fingerprint density at radius 1 is 1.06 bits per heavy atom. The van der Waals surface area contributed by atoms with E-state index in [2.05, 4.69) is 56.8 Å². The first-order valence-electron chi connectivity index (χ1n) is 6.45. The Kier molecular flexibility index (Phi) is 5.99. The lowest BCUT2D eigenvalue weighted by Crippen LogP contribution is -2.13. The van der Waals surface area contributed by atoms with E-state index < -0.39 is 0 Å². The Morgan fingerprint density at radius 3 is 2.06 bits per heavy atom. The maximum Gasteiger partial charge on any atom is -0.00217 e. The van der Waals surface area contributed by atoms with Crippen LogP contribution in [0.1, 0.15) is 30.9 Å². The standard InChI is InChI=1S/C16H25N/c1-14(2)7-8-16-11-9-15(10-12-16)6-5-13-17(3)4/h9-12H,1,5-8,13H2,2-4H3. The average molecular weight is 231 g/mol. The Labute approximate surface area is 106 Å². The fraction of sp³-hybridized carbons (Fsp3) is 0.500. The lowest BCUT2D eigenvalue weighted by Gasteiger charge is -2.09. The van der Waals surface area contributed by atoms with Crippen LogP contribution in [-0.2, 0) is 12.8 Å². The van der Waals surface area contributed by atoms with Gasteiger partial charge >= 0.3 is 0 Å². The molecule has 0 saturated carbocycles. The molecule has 1 heteroatoms. The minimum atomic E-state index is 1.10. The van der Waals surface area contributed by atoms with Crippen molar-refractivity contribution in [2.45, 2.75) is 32.6 Å². The SMILES string of the molecule is C=C(C)CCc1ccc(CCCN(C)C)cc1. The second kappa shape index (κ2) is 7.29. The van der Waals surface area contributed by atoms with E-state index in [0.29, 0.717) is 0 Å². The van der Waals surface area contributed by atoms with E-state index >= 15 is 0 Å². The van der Waals surface area contributed by atoms with Crippen molar-refractivity contribution in [1.82, 2.24) is 4.90 Å². The minimum Gasteiger partial charge on any atom is -0.309 e. The molecule has 0 saturated heterocycles. The number of benzene rings is 1. The van der Waals surface area contributed by atoms with Gasteiger partial charge in [0, 0.05) is 0 Å². The monoisotopic (exact) mass is 231 g/mol. The van der Waals surface area contributed by atoms with Gasteiger partial charge in [0.1, 0.15) is 0 Å². The molecular weight excluding hydrogens is 206 g/mol. The van der Waals surface area contributed by atoms with Crippen molar-refractivity contribution in [3.8, 4) is 0 Å². The molecule has 0 aromatic heterocycles. The van der Waals surface area contributed by atoms with Gasteiger partial charge in [-0.2, -0.15) is 0 Å². The predicted molar refractivity (Wildman–Crippen MR) is 76.5 cm³/mol. The third-order valence-corrected chi connectivity index (χ3v) is 2.93. The molecule has 0 N–H and O–H groups in total. The van der Waals surface area contributed by atoms with Crippen molar-refractivity contribution >= 4 is 0 Å². The normalized spacial score (nSPS) is 10.8. The number of hydrogen-bond acceptors (Lipinski definition) is 1. The van der Waals surface area contributed by atoms with Crippen LogP contribution in [0.15, 0.2) is 36.4 Å². The summed E-state index contributed by atoms with van der Waals surface area (Å²) in [6.45, 7) is 7.20. The van der Waals surface area contributed by atoms with Crippen molar-refractivity contribution in [1.29, 1.82) is 0 Å². The maximum atomic E-state index is 3.94. The summed E-state index contributed by atoms with van der Waals surface area (Å²) in [6, 6.07) is 9.05. The molecule has 0 amide bonds. The van der Waals surface area contributed by atoms with Crippen LogP contribution < -0.4 is 0 Å². The van der Waals surface area contributed by atoms with Crippen LogP contribution in [0.4, 0.5) is 0 Å². The molecule has 0 aliphatic heterocycles. The van der Waals surface area contributed by atoms with Crippen molar-refractivity contribution in [2.24, 2.45) is 0 Å². The third kappa shape index (κ3) is 6.28. The van der Waals surface area contributed by atoms with Crippen LogP contribution in [-0.4, -0.2) is 25.5 Å². The molecule has 1 aromatic rings. The topological polar surface area (TPSA) is 3.24 Å². The third-order valence-electron chi connectivity index (χ3n) is 2.93. The summed E-state index contributed by atoms with van der Waals surface area (Å²) < 4.78 is 0. The summed E-state index contributed by atoms with van der Waals surface area (Å²) >= 11 is 0. The van der Waals surface area contributed by atoms with Crippen molar-refractivity contribution in [2.75, 3.05) is 20.6 Å². The molecule has 0 heterocycles. The van der Waals surface area contributed by atoms with Gasteiger partial charge in [-0.25, -0.2) is 0 Å². The summed E-state index contributed by atoms with van der Waals surface area (Å²) in [6.07, 6.45) is 4.63. The Hall–Kier alpha value is -1.08. The van der Waals surface area contributed by atoms with Gasteiger partial charge in [-0.15, -0.1) is 6.58 Å². The van der Waals surface area contributed by atoms with Gasteiger partial charge in [-0.05, 0) is 64.4 Å². The van der Waals surface area contributed by atoms with Crippen LogP contribution in [0, 0.1) is 0 Å². The molecule has 1 rings (SSSR count). The van der Waals surface area contributed by atoms with Gasteiger partial charge in [0.15, 0.2) is 0 Å². The molecule has 0 spiro atoms. The van der Waals surface area contributed by atoms with Crippen LogP contribution in [0.2, 0.25) is 0 Å². The smallest absolute Gasteiger partial charge is 0.00217 e. The van der Waals surface area contributed by atoms with E-state index in [4.69, 9.17) is 0 Å². The second-order valence-electron chi connectivity index (χ2n) is 5.18. The summed E-state index contributed by atoms with van der Waals surface area (Å²) in [5, 5.41) is 0. The zero-order chi connectivity index (χ0) is 12.7. The number of aryl methyl sites for hydroxylation is 2. The van der Waals surface area contributed by atoms with E-state index in [1.54, 1.807) is 0 Å². The van der Waals surface area contributed by atoms with E-state index in [-0.39, 0.29) is 0 Å². The van der Waals surface area contributed by atoms with Crippen LogP contribution >= 0.6 is 0 Å². The van der Waals surface area contributed by atoms with Crippen LogP contribution in [0.25, 0.3) is 0 Å². The molecule has 0 aliphatic carbocycles. The quantitative estimate of drug-likeness (QED) is 0.647. The lowest BCUT2D eigenvalue weighted by atomic mass is 10.0. The minimum absolute atomic E-state index is 1.10.